The van der Waals surface area contributed by atoms with Crippen molar-refractivity contribution < 1.29 is 4.79 Å². The number of H-pyrrole nitrogens is 1. The SMILES string of the molecule is CC(=O)c1[nH]cnc1/N=N/N. The maximum absolute atomic E-state index is 10.8. The van der Waals surface area contributed by atoms with Gasteiger partial charge in [0.15, 0.2) is 5.78 Å². The van der Waals surface area contributed by atoms with Crippen molar-refractivity contribution in [2.24, 2.45) is 16.2 Å². The molecule has 0 atom stereocenters. The molecule has 0 amide bonds. The van der Waals surface area contributed by atoms with Gasteiger partial charge < -0.3 is 10.8 Å². The van der Waals surface area contributed by atoms with Crippen LogP contribution in [0, 0.1) is 0 Å². The van der Waals surface area contributed by atoms with Crippen molar-refractivity contribution in [2.75, 3.05) is 0 Å². The smallest absolute Gasteiger partial charge is 0.205 e. The Hall–Kier alpha value is -1.72. The van der Waals surface area contributed by atoms with Gasteiger partial charge in [-0.15, -0.1) is 5.11 Å². The maximum atomic E-state index is 10.8. The Balaban J connectivity index is 3.05. The number of carbonyl (C=O) groups excluding carboxylic acids is 1. The van der Waals surface area contributed by atoms with Crippen LogP contribution in [0.15, 0.2) is 16.7 Å². The highest BCUT2D eigenvalue weighted by Crippen LogP contribution is 2.13. The molecule has 1 aromatic heterocycles. The molecule has 3 N–H and O–H groups in total. The van der Waals surface area contributed by atoms with E-state index in [1.165, 1.54) is 13.3 Å². The maximum Gasteiger partial charge on any atom is 0.205 e. The molecule has 6 nitrogen and oxygen atoms in total. The van der Waals surface area contributed by atoms with Gasteiger partial charge in [0.05, 0.1) is 6.33 Å². The predicted octanol–water partition coefficient (Wildman–Crippen LogP) is 0.570. The Morgan fingerprint density at radius 1 is 1.82 bits per heavy atom. The van der Waals surface area contributed by atoms with Crippen molar-refractivity contribution in [3.05, 3.63) is 12.0 Å². The lowest BCUT2D eigenvalue weighted by Gasteiger charge is -1.87. The van der Waals surface area contributed by atoms with Gasteiger partial charge in [-0.25, -0.2) is 4.98 Å². The summed E-state index contributed by atoms with van der Waals surface area (Å²) in [5, 5.41) is 6.44. The van der Waals surface area contributed by atoms with Gasteiger partial charge in [0.1, 0.15) is 5.69 Å². The molecule has 1 heterocycles. The third-order valence-corrected chi connectivity index (χ3v) is 1.12. The number of Topliss-reactive ketones (excluding diaryl/α,β-unsaturated/α-hetero) is 1. The van der Waals surface area contributed by atoms with Gasteiger partial charge in [-0.05, 0) is 0 Å². The number of nitrogens with zero attached hydrogens (tertiary/aromatic N) is 3. The minimum atomic E-state index is -0.148. The molecule has 0 aliphatic heterocycles. The van der Waals surface area contributed by atoms with E-state index in [1.54, 1.807) is 0 Å². The van der Waals surface area contributed by atoms with E-state index in [4.69, 9.17) is 5.84 Å². The fourth-order valence-electron chi connectivity index (χ4n) is 0.677. The topological polar surface area (TPSA) is 96.5 Å². The fourth-order valence-corrected chi connectivity index (χ4v) is 0.677. The van der Waals surface area contributed by atoms with Crippen LogP contribution in [-0.2, 0) is 0 Å². The number of hydrogen-bond acceptors (Lipinski definition) is 4. The molecule has 1 aromatic rings. The molecule has 0 aliphatic rings. The summed E-state index contributed by atoms with van der Waals surface area (Å²) < 4.78 is 0. The average molecular weight is 153 g/mol. The normalized spacial score (nSPS) is 10.6. The number of ketones is 1. The van der Waals surface area contributed by atoms with Gasteiger partial charge in [-0.3, -0.25) is 4.79 Å². The molecule has 0 aromatic carbocycles. The van der Waals surface area contributed by atoms with Gasteiger partial charge in [0.25, 0.3) is 0 Å². The van der Waals surface area contributed by atoms with Gasteiger partial charge in [-0.2, -0.15) is 0 Å². The molecular formula is C5H7N5O. The molecule has 11 heavy (non-hydrogen) atoms. The summed E-state index contributed by atoms with van der Waals surface area (Å²) in [6.45, 7) is 1.41. The number of nitrogens with one attached hydrogen (secondary N) is 1. The molecule has 0 radical (unpaired) electrons. The summed E-state index contributed by atoms with van der Waals surface area (Å²) in [7, 11) is 0. The highest BCUT2D eigenvalue weighted by Gasteiger charge is 2.08. The van der Waals surface area contributed by atoms with E-state index in [1.807, 2.05) is 0 Å². The third kappa shape index (κ3) is 1.40. The van der Waals surface area contributed by atoms with Crippen LogP contribution in [0.1, 0.15) is 17.4 Å². The van der Waals surface area contributed by atoms with Crippen molar-refractivity contribution in [3.8, 4) is 0 Å². The lowest BCUT2D eigenvalue weighted by atomic mass is 10.3. The van der Waals surface area contributed by atoms with Crippen molar-refractivity contribution in [2.45, 2.75) is 6.92 Å². The summed E-state index contributed by atoms with van der Waals surface area (Å²) >= 11 is 0. The molecule has 0 spiro atoms. The number of nitrogens with two attached hydrogens (primary N) is 1. The molecule has 6 heteroatoms. The lowest BCUT2D eigenvalue weighted by Crippen LogP contribution is -1.91. The summed E-state index contributed by atoms with van der Waals surface area (Å²) in [6, 6.07) is 0. The van der Waals surface area contributed by atoms with E-state index in [9.17, 15) is 4.79 Å². The first-order valence-electron chi connectivity index (χ1n) is 2.91. The monoisotopic (exact) mass is 153 g/mol. The van der Waals surface area contributed by atoms with Crippen LogP contribution in [0.3, 0.4) is 0 Å². The second-order valence-electron chi connectivity index (χ2n) is 1.87. The Morgan fingerprint density at radius 3 is 3.09 bits per heavy atom. The quantitative estimate of drug-likeness (QED) is 0.281. The Morgan fingerprint density at radius 2 is 2.55 bits per heavy atom. The largest absolute Gasteiger partial charge is 0.340 e. The summed E-state index contributed by atoms with van der Waals surface area (Å²) in [4.78, 5) is 17.1. The molecule has 0 saturated heterocycles. The number of imidazole rings is 1. The molecule has 0 aliphatic carbocycles. The predicted molar refractivity (Wildman–Crippen MR) is 37.3 cm³/mol. The molecule has 0 unspecified atom stereocenters. The highest BCUT2D eigenvalue weighted by atomic mass is 16.1. The lowest BCUT2D eigenvalue weighted by molar-refractivity contribution is 0.101. The first-order valence-corrected chi connectivity index (χ1v) is 2.91. The number of aromatic amines is 1. The Bertz CT molecular complexity index is 289. The van der Waals surface area contributed by atoms with Crippen molar-refractivity contribution in [1.29, 1.82) is 0 Å². The molecule has 0 bridgehead atoms. The second kappa shape index (κ2) is 2.91. The number of carbonyl (C=O) groups is 1. The first kappa shape index (κ1) is 7.39. The van der Waals surface area contributed by atoms with Gasteiger partial charge in [0.2, 0.25) is 5.82 Å². The standard InChI is InChI=1S/C5H7N5O/c1-3(11)4-5(9-10-6)8-2-7-4/h2H,1H3,(H2,6,9)(H,7,8). The van der Waals surface area contributed by atoms with Gasteiger partial charge >= 0.3 is 0 Å². The van der Waals surface area contributed by atoms with Gasteiger partial charge in [0, 0.05) is 6.92 Å². The summed E-state index contributed by atoms with van der Waals surface area (Å²) in [5.74, 6) is 4.86. The second-order valence-corrected chi connectivity index (χ2v) is 1.87. The average Bonchev–Trinajstić information content (AvgIpc) is 2.36. The molecular weight excluding hydrogens is 146 g/mol. The van der Waals surface area contributed by atoms with E-state index < -0.39 is 0 Å². The molecule has 58 valence electrons. The number of hydrogen-bond donors (Lipinski definition) is 2. The van der Waals surface area contributed by atoms with Crippen LogP contribution in [-0.4, -0.2) is 15.8 Å². The summed E-state index contributed by atoms with van der Waals surface area (Å²) in [6.07, 6.45) is 1.36. The fraction of sp³-hybridized carbons (Fsp3) is 0.200. The Labute approximate surface area is 62.5 Å². The molecule has 0 fully saturated rings. The van der Waals surface area contributed by atoms with E-state index in [-0.39, 0.29) is 11.6 Å². The van der Waals surface area contributed by atoms with Crippen LogP contribution < -0.4 is 5.84 Å². The van der Waals surface area contributed by atoms with E-state index in [0.29, 0.717) is 5.69 Å². The zero-order valence-corrected chi connectivity index (χ0v) is 5.90. The third-order valence-electron chi connectivity index (χ3n) is 1.12. The van der Waals surface area contributed by atoms with Crippen molar-refractivity contribution in [1.82, 2.24) is 9.97 Å². The van der Waals surface area contributed by atoms with E-state index >= 15 is 0 Å². The minimum absolute atomic E-state index is 0.148. The first-order chi connectivity index (χ1) is 5.25. The van der Waals surface area contributed by atoms with Crippen LogP contribution in [0.4, 0.5) is 5.82 Å². The zero-order valence-electron chi connectivity index (χ0n) is 5.90. The van der Waals surface area contributed by atoms with Crippen molar-refractivity contribution >= 4 is 11.6 Å². The highest BCUT2D eigenvalue weighted by molar-refractivity contribution is 5.95. The zero-order chi connectivity index (χ0) is 8.27. The van der Waals surface area contributed by atoms with Crippen LogP contribution in [0.25, 0.3) is 0 Å². The van der Waals surface area contributed by atoms with Crippen molar-refractivity contribution in [3.63, 3.8) is 0 Å². The van der Waals surface area contributed by atoms with E-state index in [2.05, 4.69) is 20.3 Å². The molecule has 0 saturated carbocycles. The number of rotatable bonds is 2. The van der Waals surface area contributed by atoms with E-state index in [0.717, 1.165) is 0 Å². The van der Waals surface area contributed by atoms with Crippen LogP contribution in [0.5, 0.6) is 0 Å². The van der Waals surface area contributed by atoms with Crippen LogP contribution in [0.2, 0.25) is 0 Å². The van der Waals surface area contributed by atoms with Crippen LogP contribution >= 0.6 is 0 Å². The number of aromatic nitrogens is 2. The minimum Gasteiger partial charge on any atom is -0.340 e. The van der Waals surface area contributed by atoms with Gasteiger partial charge in [-0.1, -0.05) is 5.22 Å². The molecule has 1 rings (SSSR count). The Kier molecular flexibility index (Phi) is 1.95. The summed E-state index contributed by atoms with van der Waals surface area (Å²) in [5.41, 5.74) is 0.319.